The van der Waals surface area contributed by atoms with Gasteiger partial charge in [0.15, 0.2) is 5.65 Å². The van der Waals surface area contributed by atoms with Gasteiger partial charge in [0.2, 0.25) is 5.91 Å². The van der Waals surface area contributed by atoms with Crippen LogP contribution < -0.4 is 5.56 Å². The summed E-state index contributed by atoms with van der Waals surface area (Å²) < 4.78 is 1.54. The molecule has 2 aliphatic heterocycles. The molecule has 1 amide bonds. The number of likely N-dealkylation sites (tertiary alicyclic amines) is 1. The zero-order valence-electron chi connectivity index (χ0n) is 17.6. The Morgan fingerprint density at radius 1 is 1.26 bits per heavy atom. The fraction of sp³-hybridized carbons (Fsp3) is 0.435. The number of nitrogens with zero attached hydrogens (tertiary/aromatic N) is 4. The van der Waals surface area contributed by atoms with Crippen LogP contribution in [0.1, 0.15) is 54.7 Å². The summed E-state index contributed by atoms with van der Waals surface area (Å²) in [5.74, 6) is -0.0141. The molecule has 0 bridgehead atoms. The minimum absolute atomic E-state index is 0.0141. The minimum atomic E-state index is -0.106. The highest BCUT2D eigenvalue weighted by molar-refractivity contribution is 6.31. The minimum Gasteiger partial charge on any atom is -0.338 e. The van der Waals surface area contributed by atoms with Crippen LogP contribution in [0.2, 0.25) is 5.02 Å². The largest absolute Gasteiger partial charge is 0.338 e. The molecule has 162 valence electrons. The number of piperidine rings is 1. The summed E-state index contributed by atoms with van der Waals surface area (Å²) in [5.41, 5.74) is 4.09. The van der Waals surface area contributed by atoms with Gasteiger partial charge in [-0.15, -0.1) is 0 Å². The molecule has 1 atom stereocenters. The summed E-state index contributed by atoms with van der Waals surface area (Å²) in [5, 5.41) is 4.10. The fourth-order valence-electron chi connectivity index (χ4n) is 4.82. The number of fused-ring (bicyclic) bond motifs is 2. The highest BCUT2D eigenvalue weighted by Gasteiger charge is 2.28. The highest BCUT2D eigenvalue weighted by Crippen LogP contribution is 2.33. The smallest absolute Gasteiger partial charge is 0.277 e. The number of aromatic amines is 1. The van der Waals surface area contributed by atoms with Gasteiger partial charge in [-0.2, -0.15) is 0 Å². The number of amides is 1. The number of carbonyl (C=O) groups excluding carboxylic acids is 1. The summed E-state index contributed by atoms with van der Waals surface area (Å²) in [4.78, 5) is 33.8. The summed E-state index contributed by atoms with van der Waals surface area (Å²) in [7, 11) is 0. The second-order valence-electron chi connectivity index (χ2n) is 8.51. The number of aromatic nitrogens is 3. The van der Waals surface area contributed by atoms with E-state index in [4.69, 9.17) is 16.6 Å². The molecule has 8 heteroatoms. The van der Waals surface area contributed by atoms with Crippen LogP contribution in [0.4, 0.5) is 0 Å². The Balaban J connectivity index is 1.49. The monoisotopic (exact) mass is 439 g/mol. The molecule has 2 aliphatic rings. The number of halogens is 1. The van der Waals surface area contributed by atoms with E-state index in [2.05, 4.69) is 16.1 Å². The molecule has 0 saturated carbocycles. The topological polar surface area (TPSA) is 73.7 Å². The third-order valence-corrected chi connectivity index (χ3v) is 6.90. The number of hydrogen-bond donors (Lipinski definition) is 1. The number of benzene rings is 1. The molecule has 5 rings (SSSR count). The molecule has 2 aromatic heterocycles. The molecule has 1 fully saturated rings. The van der Waals surface area contributed by atoms with Crippen LogP contribution in [0, 0.1) is 0 Å². The van der Waals surface area contributed by atoms with Crippen molar-refractivity contribution in [3.63, 3.8) is 0 Å². The van der Waals surface area contributed by atoms with E-state index < -0.39 is 0 Å². The standard InChI is InChI=1S/C23H26ClN5O2/c1-15(30)27-11-9-19-17(14-27)23(31)29-22(25-19)12-20(26-29)21-8-4-5-10-28(21)13-16-6-2-3-7-18(16)24/h2-3,6-7,12,21,26H,4-5,8-11,13-14H2,1H3. The van der Waals surface area contributed by atoms with E-state index in [0.29, 0.717) is 30.7 Å². The predicted octanol–water partition coefficient (Wildman–Crippen LogP) is 3.31. The second kappa shape index (κ2) is 8.13. The summed E-state index contributed by atoms with van der Waals surface area (Å²) in [6.07, 6.45) is 3.92. The van der Waals surface area contributed by atoms with Gasteiger partial charge in [-0.1, -0.05) is 36.2 Å². The quantitative estimate of drug-likeness (QED) is 0.679. The third-order valence-electron chi connectivity index (χ3n) is 6.53. The fourth-order valence-corrected chi connectivity index (χ4v) is 5.01. The van der Waals surface area contributed by atoms with Crippen molar-refractivity contribution in [1.82, 2.24) is 24.4 Å². The molecule has 0 aliphatic carbocycles. The van der Waals surface area contributed by atoms with E-state index >= 15 is 0 Å². The van der Waals surface area contributed by atoms with Crippen molar-refractivity contribution in [3.05, 3.63) is 68.2 Å². The van der Waals surface area contributed by atoms with Crippen LogP contribution in [-0.2, 0) is 24.3 Å². The first-order chi connectivity index (χ1) is 15.0. The van der Waals surface area contributed by atoms with Crippen molar-refractivity contribution in [2.24, 2.45) is 0 Å². The van der Waals surface area contributed by atoms with E-state index in [9.17, 15) is 9.59 Å². The average molecular weight is 440 g/mol. The molecule has 7 nitrogen and oxygen atoms in total. The molecule has 1 aromatic carbocycles. The SMILES string of the molecule is CC(=O)N1CCc2nc3cc(C4CCCCN4Cc4ccccc4Cl)[nH]n3c(=O)c2C1. The lowest BCUT2D eigenvalue weighted by Gasteiger charge is -2.35. The first-order valence-electron chi connectivity index (χ1n) is 10.9. The maximum Gasteiger partial charge on any atom is 0.277 e. The molecule has 4 heterocycles. The van der Waals surface area contributed by atoms with Crippen LogP contribution in [0.5, 0.6) is 0 Å². The first kappa shape index (κ1) is 20.3. The van der Waals surface area contributed by atoms with E-state index in [1.165, 1.54) is 6.92 Å². The Hall–Kier alpha value is -2.64. The molecular formula is C23H26ClN5O2. The van der Waals surface area contributed by atoms with E-state index in [1.54, 1.807) is 9.42 Å². The van der Waals surface area contributed by atoms with Crippen molar-refractivity contribution in [2.75, 3.05) is 13.1 Å². The molecule has 1 unspecified atom stereocenters. The average Bonchev–Trinajstić information content (AvgIpc) is 3.20. The van der Waals surface area contributed by atoms with Gasteiger partial charge in [-0.05, 0) is 31.0 Å². The third kappa shape index (κ3) is 3.77. The maximum atomic E-state index is 13.2. The summed E-state index contributed by atoms with van der Waals surface area (Å²) in [6, 6.07) is 10.1. The Morgan fingerprint density at radius 2 is 2.10 bits per heavy atom. The van der Waals surface area contributed by atoms with E-state index in [1.807, 2.05) is 24.3 Å². The van der Waals surface area contributed by atoms with Gasteiger partial charge in [0.25, 0.3) is 5.56 Å². The van der Waals surface area contributed by atoms with Gasteiger partial charge >= 0.3 is 0 Å². The van der Waals surface area contributed by atoms with Gasteiger partial charge in [0.1, 0.15) is 0 Å². The number of nitrogens with one attached hydrogen (secondary N) is 1. The molecule has 1 N–H and O–H groups in total. The zero-order chi connectivity index (χ0) is 21.5. The lowest BCUT2D eigenvalue weighted by atomic mass is 9.98. The van der Waals surface area contributed by atoms with Gasteiger partial charge in [-0.3, -0.25) is 19.6 Å². The van der Waals surface area contributed by atoms with Crippen molar-refractivity contribution in [1.29, 1.82) is 0 Å². The number of hydrogen-bond acceptors (Lipinski definition) is 4. The Bertz CT molecular complexity index is 1200. The normalized spacial score (nSPS) is 19.5. The van der Waals surface area contributed by atoms with E-state index in [-0.39, 0.29) is 17.5 Å². The highest BCUT2D eigenvalue weighted by atomic mass is 35.5. The summed E-state index contributed by atoms with van der Waals surface area (Å²) in [6.45, 7) is 4.23. The van der Waals surface area contributed by atoms with Crippen molar-refractivity contribution < 1.29 is 4.79 Å². The molecule has 1 saturated heterocycles. The predicted molar refractivity (Wildman–Crippen MR) is 119 cm³/mol. The number of carbonyl (C=O) groups is 1. The van der Waals surface area contributed by atoms with Gasteiger partial charge < -0.3 is 4.90 Å². The Morgan fingerprint density at radius 3 is 2.90 bits per heavy atom. The Labute approximate surface area is 185 Å². The van der Waals surface area contributed by atoms with Crippen LogP contribution in [0.15, 0.2) is 35.1 Å². The van der Waals surface area contributed by atoms with Gasteiger partial charge in [0, 0.05) is 37.5 Å². The molecule has 31 heavy (non-hydrogen) atoms. The molecular weight excluding hydrogens is 414 g/mol. The van der Waals surface area contributed by atoms with Crippen LogP contribution in [0.25, 0.3) is 5.65 Å². The number of H-pyrrole nitrogens is 1. The van der Waals surface area contributed by atoms with Gasteiger partial charge in [0.05, 0.1) is 29.5 Å². The lowest BCUT2D eigenvalue weighted by Crippen LogP contribution is -2.39. The van der Waals surface area contributed by atoms with Gasteiger partial charge in [-0.25, -0.2) is 9.50 Å². The summed E-state index contributed by atoms with van der Waals surface area (Å²) >= 11 is 6.41. The molecule has 3 aromatic rings. The van der Waals surface area contributed by atoms with Crippen LogP contribution in [-0.4, -0.2) is 43.4 Å². The molecule has 0 radical (unpaired) electrons. The maximum absolute atomic E-state index is 13.2. The van der Waals surface area contributed by atoms with Crippen molar-refractivity contribution >= 4 is 23.2 Å². The lowest BCUT2D eigenvalue weighted by molar-refractivity contribution is -0.129. The first-order valence-corrected chi connectivity index (χ1v) is 11.3. The number of rotatable bonds is 3. The van der Waals surface area contributed by atoms with Crippen LogP contribution >= 0.6 is 11.6 Å². The van der Waals surface area contributed by atoms with Crippen molar-refractivity contribution in [2.45, 2.75) is 51.7 Å². The van der Waals surface area contributed by atoms with E-state index in [0.717, 1.165) is 54.3 Å². The second-order valence-corrected chi connectivity index (χ2v) is 8.92. The van der Waals surface area contributed by atoms with Crippen molar-refractivity contribution in [3.8, 4) is 0 Å². The molecule has 0 spiro atoms. The zero-order valence-corrected chi connectivity index (χ0v) is 18.4. The Kier molecular flexibility index (Phi) is 5.32. The van der Waals surface area contributed by atoms with Crippen LogP contribution in [0.3, 0.4) is 0 Å².